The SMILES string of the molecule is Cc1ccc(N(C)c2cc(N)cc(Cl)n2)c(C)c1. The largest absolute Gasteiger partial charge is 0.399 e. The normalized spacial score (nSPS) is 10.4. The fraction of sp³-hybridized carbons (Fsp3) is 0.214. The molecule has 2 N–H and O–H groups in total. The Hall–Kier alpha value is -1.74. The zero-order valence-corrected chi connectivity index (χ0v) is 11.5. The fourth-order valence-electron chi connectivity index (χ4n) is 1.98. The molecule has 2 aromatic rings. The molecule has 0 aliphatic rings. The number of nitrogen functional groups attached to an aromatic ring is 1. The van der Waals surface area contributed by atoms with E-state index in [-0.39, 0.29) is 0 Å². The second-order valence-electron chi connectivity index (χ2n) is 4.43. The number of nitrogens with two attached hydrogens (primary N) is 1. The van der Waals surface area contributed by atoms with Gasteiger partial charge in [-0.25, -0.2) is 4.98 Å². The highest BCUT2D eigenvalue weighted by molar-refractivity contribution is 6.29. The van der Waals surface area contributed by atoms with Gasteiger partial charge >= 0.3 is 0 Å². The van der Waals surface area contributed by atoms with Gasteiger partial charge in [-0.3, -0.25) is 0 Å². The Bertz CT molecular complexity index is 561. The molecule has 0 saturated heterocycles. The summed E-state index contributed by atoms with van der Waals surface area (Å²) in [5.41, 5.74) is 9.92. The van der Waals surface area contributed by atoms with Crippen molar-refractivity contribution >= 4 is 28.8 Å². The maximum Gasteiger partial charge on any atom is 0.136 e. The van der Waals surface area contributed by atoms with Gasteiger partial charge in [-0.15, -0.1) is 0 Å². The minimum Gasteiger partial charge on any atom is -0.399 e. The van der Waals surface area contributed by atoms with Crippen LogP contribution >= 0.6 is 11.6 Å². The van der Waals surface area contributed by atoms with E-state index in [0.717, 1.165) is 11.5 Å². The predicted octanol–water partition coefficient (Wildman–Crippen LogP) is 3.70. The zero-order valence-electron chi connectivity index (χ0n) is 10.7. The van der Waals surface area contributed by atoms with Crippen LogP contribution in [0.25, 0.3) is 0 Å². The van der Waals surface area contributed by atoms with Gasteiger partial charge in [0, 0.05) is 24.5 Å². The molecule has 0 fully saturated rings. The minimum atomic E-state index is 0.404. The highest BCUT2D eigenvalue weighted by atomic mass is 35.5. The Morgan fingerprint density at radius 2 is 1.89 bits per heavy atom. The van der Waals surface area contributed by atoms with Crippen LogP contribution < -0.4 is 10.6 Å². The molecule has 3 nitrogen and oxygen atoms in total. The first kappa shape index (κ1) is 12.7. The van der Waals surface area contributed by atoms with Gasteiger partial charge in [0.15, 0.2) is 0 Å². The van der Waals surface area contributed by atoms with Crippen LogP contribution in [0.15, 0.2) is 30.3 Å². The molecule has 0 bridgehead atoms. The van der Waals surface area contributed by atoms with Gasteiger partial charge in [-0.1, -0.05) is 29.3 Å². The van der Waals surface area contributed by atoms with E-state index in [4.69, 9.17) is 17.3 Å². The lowest BCUT2D eigenvalue weighted by Crippen LogP contribution is -2.13. The Morgan fingerprint density at radius 3 is 2.50 bits per heavy atom. The maximum absolute atomic E-state index is 5.93. The molecular formula is C14H16ClN3. The van der Waals surface area contributed by atoms with Crippen LogP contribution in [0.2, 0.25) is 5.15 Å². The van der Waals surface area contributed by atoms with Crippen molar-refractivity contribution < 1.29 is 0 Å². The third-order valence-corrected chi connectivity index (χ3v) is 3.05. The summed E-state index contributed by atoms with van der Waals surface area (Å²) in [5.74, 6) is 0.743. The molecule has 2 rings (SSSR count). The number of anilines is 3. The number of aromatic nitrogens is 1. The van der Waals surface area contributed by atoms with Crippen molar-refractivity contribution in [3.63, 3.8) is 0 Å². The molecule has 4 heteroatoms. The summed E-state index contributed by atoms with van der Waals surface area (Å²) in [5, 5.41) is 0.404. The lowest BCUT2D eigenvalue weighted by atomic mass is 10.1. The first-order valence-electron chi connectivity index (χ1n) is 5.71. The third-order valence-electron chi connectivity index (χ3n) is 2.86. The highest BCUT2D eigenvalue weighted by Crippen LogP contribution is 2.28. The Morgan fingerprint density at radius 1 is 1.17 bits per heavy atom. The van der Waals surface area contributed by atoms with E-state index in [1.807, 2.05) is 18.0 Å². The molecule has 0 amide bonds. The maximum atomic E-state index is 5.93. The lowest BCUT2D eigenvalue weighted by molar-refractivity contribution is 1.11. The molecule has 18 heavy (non-hydrogen) atoms. The van der Waals surface area contributed by atoms with E-state index in [9.17, 15) is 0 Å². The predicted molar refractivity (Wildman–Crippen MR) is 77.6 cm³/mol. The summed E-state index contributed by atoms with van der Waals surface area (Å²) in [7, 11) is 1.95. The van der Waals surface area contributed by atoms with Crippen molar-refractivity contribution in [1.82, 2.24) is 4.98 Å². The van der Waals surface area contributed by atoms with Gasteiger partial charge in [0.05, 0.1) is 0 Å². The van der Waals surface area contributed by atoms with E-state index in [1.54, 1.807) is 6.07 Å². The summed E-state index contributed by atoms with van der Waals surface area (Å²) in [6.45, 7) is 4.15. The average molecular weight is 262 g/mol. The Labute approximate surface area is 112 Å². The standard InChI is InChI=1S/C14H16ClN3/c1-9-4-5-12(10(2)6-9)18(3)14-8-11(16)7-13(15)17-14/h4-8H,1-3H3,(H2,16,17). The molecule has 1 aromatic carbocycles. The van der Waals surface area contributed by atoms with Gasteiger partial charge in [-0.2, -0.15) is 0 Å². The van der Waals surface area contributed by atoms with Crippen molar-refractivity contribution in [2.75, 3.05) is 17.7 Å². The lowest BCUT2D eigenvalue weighted by Gasteiger charge is -2.21. The topological polar surface area (TPSA) is 42.1 Å². The van der Waals surface area contributed by atoms with Crippen LogP contribution in [0, 0.1) is 13.8 Å². The van der Waals surface area contributed by atoms with Crippen LogP contribution in [0.4, 0.5) is 17.2 Å². The van der Waals surface area contributed by atoms with Crippen LogP contribution in [0.1, 0.15) is 11.1 Å². The van der Waals surface area contributed by atoms with Gasteiger partial charge in [-0.05, 0) is 31.5 Å². The smallest absolute Gasteiger partial charge is 0.136 e. The monoisotopic (exact) mass is 261 g/mol. The third kappa shape index (κ3) is 2.57. The van der Waals surface area contributed by atoms with Crippen LogP contribution in [0.5, 0.6) is 0 Å². The number of aryl methyl sites for hydroxylation is 2. The second kappa shape index (κ2) is 4.86. The van der Waals surface area contributed by atoms with Crippen LogP contribution in [-0.4, -0.2) is 12.0 Å². The zero-order chi connectivity index (χ0) is 13.3. The summed E-state index contributed by atoms with van der Waals surface area (Å²) in [4.78, 5) is 6.27. The highest BCUT2D eigenvalue weighted by Gasteiger charge is 2.09. The van der Waals surface area contributed by atoms with Gasteiger partial charge in [0.2, 0.25) is 0 Å². The molecule has 0 spiro atoms. The Kier molecular flexibility index (Phi) is 3.43. The van der Waals surface area contributed by atoms with Crippen molar-refractivity contribution in [1.29, 1.82) is 0 Å². The average Bonchev–Trinajstić information content (AvgIpc) is 2.26. The van der Waals surface area contributed by atoms with Crippen molar-refractivity contribution in [2.45, 2.75) is 13.8 Å². The molecule has 0 aliphatic carbocycles. The number of hydrogen-bond acceptors (Lipinski definition) is 3. The van der Waals surface area contributed by atoms with Crippen LogP contribution in [0.3, 0.4) is 0 Å². The van der Waals surface area contributed by atoms with Crippen molar-refractivity contribution in [2.24, 2.45) is 0 Å². The molecule has 94 valence electrons. The minimum absolute atomic E-state index is 0.404. The number of rotatable bonds is 2. The second-order valence-corrected chi connectivity index (χ2v) is 4.82. The fourth-order valence-corrected chi connectivity index (χ4v) is 2.19. The summed E-state index contributed by atoms with van der Waals surface area (Å²) < 4.78 is 0. The van der Waals surface area contributed by atoms with Crippen molar-refractivity contribution in [3.8, 4) is 0 Å². The number of hydrogen-bond donors (Lipinski definition) is 1. The summed E-state index contributed by atoms with van der Waals surface area (Å²) in [6.07, 6.45) is 0. The molecular weight excluding hydrogens is 246 g/mol. The van der Waals surface area contributed by atoms with Crippen molar-refractivity contribution in [3.05, 3.63) is 46.6 Å². The first-order valence-corrected chi connectivity index (χ1v) is 6.09. The number of pyridine rings is 1. The Balaban J connectivity index is 2.44. The molecule has 0 saturated carbocycles. The van der Waals surface area contributed by atoms with E-state index in [2.05, 4.69) is 37.0 Å². The van der Waals surface area contributed by atoms with Gasteiger partial charge < -0.3 is 10.6 Å². The van der Waals surface area contributed by atoms with E-state index >= 15 is 0 Å². The first-order chi connectivity index (χ1) is 8.47. The van der Waals surface area contributed by atoms with Gasteiger partial charge in [0.1, 0.15) is 11.0 Å². The molecule has 0 radical (unpaired) electrons. The number of benzene rings is 1. The quantitative estimate of drug-likeness (QED) is 0.838. The molecule has 0 aliphatic heterocycles. The van der Waals surface area contributed by atoms with E-state index in [1.165, 1.54) is 11.1 Å². The summed E-state index contributed by atoms with van der Waals surface area (Å²) >= 11 is 5.93. The van der Waals surface area contributed by atoms with Crippen LogP contribution in [-0.2, 0) is 0 Å². The van der Waals surface area contributed by atoms with Gasteiger partial charge in [0.25, 0.3) is 0 Å². The van der Waals surface area contributed by atoms with E-state index in [0.29, 0.717) is 10.8 Å². The number of halogens is 1. The molecule has 1 heterocycles. The summed E-state index contributed by atoms with van der Waals surface area (Å²) in [6, 6.07) is 9.74. The molecule has 1 aromatic heterocycles. The molecule has 0 atom stereocenters. The molecule has 0 unspecified atom stereocenters. The number of nitrogens with zero attached hydrogens (tertiary/aromatic N) is 2. The van der Waals surface area contributed by atoms with E-state index < -0.39 is 0 Å².